The average Bonchev–Trinajstić information content (AvgIpc) is 2.37. The molecule has 0 aliphatic carbocycles. The van der Waals surface area contributed by atoms with Crippen LogP contribution in [-0.4, -0.2) is 24.7 Å². The monoisotopic (exact) mass is 263 g/mol. The lowest BCUT2D eigenvalue weighted by atomic mass is 10.0. The Labute approximate surface area is 112 Å². The van der Waals surface area contributed by atoms with Gasteiger partial charge < -0.3 is 10.1 Å². The van der Waals surface area contributed by atoms with Crippen molar-refractivity contribution in [1.29, 1.82) is 5.26 Å². The molecule has 19 heavy (non-hydrogen) atoms. The fourth-order valence-electron chi connectivity index (χ4n) is 1.66. The first kappa shape index (κ1) is 14.9. The smallest absolute Gasteiger partial charge is 0.289 e. The maximum absolute atomic E-state index is 10.9. The summed E-state index contributed by atoms with van der Waals surface area (Å²) < 4.78 is 5.11. The Morgan fingerprint density at radius 2 is 2.21 bits per heavy atom. The molecule has 0 aliphatic rings. The van der Waals surface area contributed by atoms with Crippen LogP contribution in [0.15, 0.2) is 18.2 Å². The zero-order chi connectivity index (χ0) is 14.4. The van der Waals surface area contributed by atoms with Gasteiger partial charge in [-0.25, -0.2) is 0 Å². The molecule has 1 rings (SSSR count). The first-order valence-corrected chi connectivity index (χ1v) is 5.93. The molecule has 6 heteroatoms. The van der Waals surface area contributed by atoms with Crippen molar-refractivity contribution in [1.82, 2.24) is 0 Å². The summed E-state index contributed by atoms with van der Waals surface area (Å²) >= 11 is 0. The molecule has 0 bridgehead atoms. The summed E-state index contributed by atoms with van der Waals surface area (Å²) in [6.45, 7) is 4.58. The Morgan fingerprint density at radius 3 is 2.68 bits per heavy atom. The van der Waals surface area contributed by atoms with E-state index in [1.54, 1.807) is 13.2 Å². The molecule has 0 fully saturated rings. The predicted octanol–water partition coefficient (Wildman–Crippen LogP) is 2.55. The molecule has 1 atom stereocenters. The summed E-state index contributed by atoms with van der Waals surface area (Å²) in [5.74, 6) is 0.314. The largest absolute Gasteiger partial charge is 0.383 e. The average molecular weight is 263 g/mol. The summed E-state index contributed by atoms with van der Waals surface area (Å²) in [4.78, 5) is 10.3. The Balaban J connectivity index is 2.99. The molecule has 102 valence electrons. The molecule has 1 N–H and O–H groups in total. The lowest BCUT2D eigenvalue weighted by Gasteiger charge is -2.22. The number of hydrogen-bond donors (Lipinski definition) is 1. The summed E-state index contributed by atoms with van der Waals surface area (Å²) in [7, 11) is 1.61. The highest BCUT2D eigenvalue weighted by Gasteiger charge is 2.17. The normalized spacial score (nSPS) is 11.9. The van der Waals surface area contributed by atoms with Crippen LogP contribution in [0.2, 0.25) is 0 Å². The number of nitrogens with one attached hydrogen (secondary N) is 1. The summed E-state index contributed by atoms with van der Waals surface area (Å²) in [6.07, 6.45) is 0. The van der Waals surface area contributed by atoms with Crippen LogP contribution >= 0.6 is 0 Å². The number of nitrogens with zero attached hydrogens (tertiary/aromatic N) is 2. The minimum atomic E-state index is -0.551. The number of ether oxygens (including phenoxy) is 1. The van der Waals surface area contributed by atoms with E-state index in [1.807, 2.05) is 19.9 Å². The van der Waals surface area contributed by atoms with E-state index in [0.29, 0.717) is 18.2 Å². The Bertz CT molecular complexity index is 494. The molecule has 0 spiro atoms. The van der Waals surface area contributed by atoms with E-state index in [1.165, 1.54) is 12.1 Å². The van der Waals surface area contributed by atoms with Crippen molar-refractivity contribution in [2.45, 2.75) is 19.9 Å². The van der Waals surface area contributed by atoms with Crippen molar-refractivity contribution in [3.05, 3.63) is 33.9 Å². The molecular formula is C13H17N3O3. The second-order valence-electron chi connectivity index (χ2n) is 4.55. The second-order valence-corrected chi connectivity index (χ2v) is 4.55. The number of nitro benzene ring substituents is 1. The van der Waals surface area contributed by atoms with Crippen molar-refractivity contribution in [2.24, 2.45) is 5.92 Å². The lowest BCUT2D eigenvalue weighted by Crippen LogP contribution is -2.30. The molecule has 0 saturated carbocycles. The van der Waals surface area contributed by atoms with Crippen molar-refractivity contribution in [3.8, 4) is 6.07 Å². The van der Waals surface area contributed by atoms with E-state index < -0.39 is 4.92 Å². The number of nitriles is 1. The highest BCUT2D eigenvalue weighted by molar-refractivity contribution is 5.59. The van der Waals surface area contributed by atoms with Gasteiger partial charge in [0, 0.05) is 18.9 Å². The molecule has 1 aromatic rings. The number of hydrogen-bond acceptors (Lipinski definition) is 5. The standard InChI is InChI=1S/C13H17N3O3/c1-9(2)12(8-19-3)15-11-5-4-10(7-14)13(6-11)16(17)18/h4-6,9,12,15H,8H2,1-3H3. The van der Waals surface area contributed by atoms with Gasteiger partial charge in [0.2, 0.25) is 0 Å². The van der Waals surface area contributed by atoms with Crippen LogP contribution < -0.4 is 5.32 Å². The van der Waals surface area contributed by atoms with Crippen LogP contribution in [0.1, 0.15) is 19.4 Å². The van der Waals surface area contributed by atoms with Crippen LogP contribution in [0.4, 0.5) is 11.4 Å². The van der Waals surface area contributed by atoms with Gasteiger partial charge in [-0.3, -0.25) is 10.1 Å². The predicted molar refractivity (Wildman–Crippen MR) is 71.9 cm³/mol. The first-order chi connectivity index (χ1) is 8.99. The third kappa shape index (κ3) is 3.93. The van der Waals surface area contributed by atoms with Gasteiger partial charge in [-0.05, 0) is 18.1 Å². The van der Waals surface area contributed by atoms with Crippen molar-refractivity contribution >= 4 is 11.4 Å². The molecule has 0 aliphatic heterocycles. The van der Waals surface area contributed by atoms with E-state index in [4.69, 9.17) is 10.00 Å². The number of rotatable bonds is 6. The maximum atomic E-state index is 10.9. The molecule has 0 radical (unpaired) electrons. The van der Waals surface area contributed by atoms with Gasteiger partial charge in [0.15, 0.2) is 0 Å². The fourth-order valence-corrected chi connectivity index (χ4v) is 1.66. The molecule has 0 aromatic heterocycles. The number of anilines is 1. The van der Waals surface area contributed by atoms with E-state index in [9.17, 15) is 10.1 Å². The van der Waals surface area contributed by atoms with E-state index in [-0.39, 0.29) is 17.3 Å². The fraction of sp³-hybridized carbons (Fsp3) is 0.462. The maximum Gasteiger partial charge on any atom is 0.289 e. The Hall–Kier alpha value is -2.13. The summed E-state index contributed by atoms with van der Waals surface area (Å²) in [6, 6.07) is 6.36. The third-order valence-electron chi connectivity index (χ3n) is 2.82. The lowest BCUT2D eigenvalue weighted by molar-refractivity contribution is -0.385. The molecule has 1 aromatic carbocycles. The van der Waals surface area contributed by atoms with Gasteiger partial charge in [0.25, 0.3) is 5.69 Å². The summed E-state index contributed by atoms with van der Waals surface area (Å²) in [5.41, 5.74) is 0.484. The van der Waals surface area contributed by atoms with Crippen LogP contribution in [0.5, 0.6) is 0 Å². The van der Waals surface area contributed by atoms with Gasteiger partial charge >= 0.3 is 0 Å². The molecule has 0 heterocycles. The first-order valence-electron chi connectivity index (χ1n) is 5.93. The topological polar surface area (TPSA) is 88.2 Å². The molecule has 0 saturated heterocycles. The van der Waals surface area contributed by atoms with E-state index in [2.05, 4.69) is 5.32 Å². The van der Waals surface area contributed by atoms with Crippen LogP contribution in [0.25, 0.3) is 0 Å². The Morgan fingerprint density at radius 1 is 1.53 bits per heavy atom. The molecule has 6 nitrogen and oxygen atoms in total. The number of benzene rings is 1. The zero-order valence-corrected chi connectivity index (χ0v) is 11.2. The second kappa shape index (κ2) is 6.71. The highest BCUT2D eigenvalue weighted by Crippen LogP contribution is 2.23. The van der Waals surface area contributed by atoms with Gasteiger partial charge in [0.05, 0.1) is 17.6 Å². The van der Waals surface area contributed by atoms with Crippen molar-refractivity contribution in [3.63, 3.8) is 0 Å². The molecule has 1 unspecified atom stereocenters. The van der Waals surface area contributed by atoms with Gasteiger partial charge in [-0.1, -0.05) is 13.8 Å². The minimum Gasteiger partial charge on any atom is -0.383 e. The van der Waals surface area contributed by atoms with E-state index in [0.717, 1.165) is 0 Å². The third-order valence-corrected chi connectivity index (χ3v) is 2.82. The van der Waals surface area contributed by atoms with Crippen LogP contribution in [0, 0.1) is 27.4 Å². The van der Waals surface area contributed by atoms with Crippen LogP contribution in [-0.2, 0) is 4.74 Å². The minimum absolute atomic E-state index is 0.0533. The molecule has 0 amide bonds. The van der Waals surface area contributed by atoms with Crippen LogP contribution in [0.3, 0.4) is 0 Å². The van der Waals surface area contributed by atoms with E-state index >= 15 is 0 Å². The van der Waals surface area contributed by atoms with Crippen molar-refractivity contribution < 1.29 is 9.66 Å². The highest BCUT2D eigenvalue weighted by atomic mass is 16.6. The van der Waals surface area contributed by atoms with Crippen molar-refractivity contribution in [2.75, 3.05) is 19.0 Å². The van der Waals surface area contributed by atoms with Gasteiger partial charge in [-0.2, -0.15) is 5.26 Å². The molecular weight excluding hydrogens is 246 g/mol. The number of methoxy groups -OCH3 is 1. The quantitative estimate of drug-likeness (QED) is 0.629. The SMILES string of the molecule is COCC(Nc1ccc(C#N)c([N+](=O)[O-])c1)C(C)C. The van der Waals surface area contributed by atoms with Gasteiger partial charge in [-0.15, -0.1) is 0 Å². The zero-order valence-electron chi connectivity index (χ0n) is 11.2. The van der Waals surface area contributed by atoms with Gasteiger partial charge in [0.1, 0.15) is 11.6 Å². The number of nitro groups is 1. The summed E-state index contributed by atoms with van der Waals surface area (Å²) in [5, 5.41) is 22.9. The Kier molecular flexibility index (Phi) is 5.27.